The predicted octanol–water partition coefficient (Wildman–Crippen LogP) is 0.0596. The van der Waals surface area contributed by atoms with Gasteiger partial charge in [-0.3, -0.25) is 14.5 Å². The van der Waals surface area contributed by atoms with Gasteiger partial charge in [0, 0.05) is 23.8 Å². The van der Waals surface area contributed by atoms with Crippen LogP contribution in [-0.2, 0) is 31.1 Å². The molecule has 14 nitrogen and oxygen atoms in total. The summed E-state index contributed by atoms with van der Waals surface area (Å²) in [6.07, 6.45) is 4.74. The van der Waals surface area contributed by atoms with Gasteiger partial charge in [-0.15, -0.1) is 11.8 Å². The van der Waals surface area contributed by atoms with Crippen LogP contribution in [0.3, 0.4) is 0 Å². The summed E-state index contributed by atoms with van der Waals surface area (Å²) in [6.45, 7) is 2.51. The standard InChI is InChI=1S/C22H23N7O7S3/c1-22(2,19(34)35)36-27-12(11-7-25-20(23)39-11)15(30)26-13-16(31)29-14(18(32)33)10(8-37-17(13)29)9-38-21-24-5-4-6-28(21)3/h4-7,13,17H,8-9H2,1-3H3,(H4-,23,25,26,27,30,32,33,34,35)/p+1. The molecule has 2 aromatic rings. The Labute approximate surface area is 234 Å². The number of aromatic nitrogens is 3. The molecule has 2 unspecified atom stereocenters. The van der Waals surface area contributed by atoms with Crippen LogP contribution >= 0.6 is 34.9 Å². The maximum Gasteiger partial charge on any atom is 0.359 e. The molecule has 2 aliphatic heterocycles. The summed E-state index contributed by atoms with van der Waals surface area (Å²) >= 11 is 3.59. The van der Waals surface area contributed by atoms with Gasteiger partial charge in [0.1, 0.15) is 23.3 Å². The van der Waals surface area contributed by atoms with Crippen LogP contribution < -0.4 is 15.6 Å². The predicted molar refractivity (Wildman–Crippen MR) is 142 cm³/mol. The Morgan fingerprint density at radius 3 is 2.72 bits per heavy atom. The smallest absolute Gasteiger partial charge is 0.359 e. The summed E-state index contributed by atoms with van der Waals surface area (Å²) in [6, 6.07) is 0.738. The molecule has 5 N–H and O–H groups in total. The van der Waals surface area contributed by atoms with E-state index in [0.717, 1.165) is 11.3 Å². The summed E-state index contributed by atoms with van der Waals surface area (Å²) in [5.41, 5.74) is 4.06. The molecular weight excluding hydrogens is 570 g/mol. The highest BCUT2D eigenvalue weighted by atomic mass is 32.2. The molecule has 0 aliphatic carbocycles. The second kappa shape index (κ2) is 11.2. The van der Waals surface area contributed by atoms with Crippen molar-refractivity contribution < 1.29 is 38.8 Å². The van der Waals surface area contributed by atoms with E-state index in [2.05, 4.69) is 20.4 Å². The number of carbonyl (C=O) groups is 4. The normalized spacial score (nSPS) is 19.3. The van der Waals surface area contributed by atoms with Gasteiger partial charge >= 0.3 is 17.1 Å². The summed E-state index contributed by atoms with van der Waals surface area (Å²) < 4.78 is 1.81. The number of aliphatic carboxylic acids is 2. The van der Waals surface area contributed by atoms with Gasteiger partial charge in [0.2, 0.25) is 5.60 Å². The van der Waals surface area contributed by atoms with Gasteiger partial charge in [-0.05, 0) is 36.2 Å². The third kappa shape index (κ3) is 5.84. The SMILES string of the molecule is C[n+]1cccnc1SCC1=C(C(=O)O)N2C(=O)C(NC(=O)/C(=N\OC(C)(C)C(=O)O)c3cnc(N)s3)C2SC1. The van der Waals surface area contributed by atoms with Crippen molar-refractivity contribution in [2.75, 3.05) is 17.2 Å². The number of carboxylic acids is 2. The van der Waals surface area contributed by atoms with Crippen LogP contribution in [0.1, 0.15) is 18.7 Å². The summed E-state index contributed by atoms with van der Waals surface area (Å²) in [5.74, 6) is -3.34. The van der Waals surface area contributed by atoms with Gasteiger partial charge in [-0.2, -0.15) is 0 Å². The number of thiazole rings is 1. The Kier molecular flexibility index (Phi) is 8.12. The van der Waals surface area contributed by atoms with E-state index in [1.807, 2.05) is 17.8 Å². The molecule has 0 spiro atoms. The fourth-order valence-electron chi connectivity index (χ4n) is 3.52. The van der Waals surface area contributed by atoms with Gasteiger partial charge in [-0.25, -0.2) is 19.1 Å². The number of hydrogen-bond acceptors (Lipinski definition) is 12. The number of aryl methyl sites for hydroxylation is 1. The lowest BCUT2D eigenvalue weighted by atomic mass is 10.0. The van der Waals surface area contributed by atoms with E-state index in [1.54, 1.807) is 12.3 Å². The molecule has 4 rings (SSSR count). The van der Waals surface area contributed by atoms with Gasteiger partial charge < -0.3 is 26.1 Å². The third-order valence-electron chi connectivity index (χ3n) is 5.65. The van der Waals surface area contributed by atoms with E-state index >= 15 is 0 Å². The number of nitrogens with two attached hydrogens (primary N) is 1. The Morgan fingerprint density at radius 1 is 1.36 bits per heavy atom. The molecule has 2 aromatic heterocycles. The molecule has 2 amide bonds. The van der Waals surface area contributed by atoms with Crippen molar-refractivity contribution in [1.82, 2.24) is 20.2 Å². The zero-order chi connectivity index (χ0) is 28.5. The molecule has 17 heteroatoms. The minimum absolute atomic E-state index is 0.115. The number of β-lactam (4-membered cyclic amide) rings is 1. The van der Waals surface area contributed by atoms with Crippen molar-refractivity contribution in [2.45, 2.75) is 36.0 Å². The molecule has 4 heterocycles. The van der Waals surface area contributed by atoms with Crippen molar-refractivity contribution in [3.63, 3.8) is 0 Å². The highest BCUT2D eigenvalue weighted by molar-refractivity contribution is 8.01. The molecule has 206 valence electrons. The van der Waals surface area contributed by atoms with Gasteiger partial charge in [-0.1, -0.05) is 16.5 Å². The number of hydrogen-bond donors (Lipinski definition) is 4. The summed E-state index contributed by atoms with van der Waals surface area (Å²) in [5, 5.41) is 25.7. The van der Waals surface area contributed by atoms with Crippen LogP contribution in [0.5, 0.6) is 0 Å². The minimum Gasteiger partial charge on any atom is -0.478 e. The fourth-order valence-corrected chi connectivity index (χ4v) is 6.60. The first-order valence-electron chi connectivity index (χ1n) is 11.3. The lowest BCUT2D eigenvalue weighted by molar-refractivity contribution is -0.713. The maximum absolute atomic E-state index is 13.2. The Balaban J connectivity index is 1.52. The lowest BCUT2D eigenvalue weighted by Crippen LogP contribution is -2.71. The van der Waals surface area contributed by atoms with Gasteiger partial charge in [0.05, 0.1) is 18.1 Å². The average molecular weight is 595 g/mol. The number of rotatable bonds is 10. The topological polar surface area (TPSA) is 201 Å². The van der Waals surface area contributed by atoms with Gasteiger partial charge in [0.15, 0.2) is 10.8 Å². The van der Waals surface area contributed by atoms with E-state index in [1.165, 1.54) is 48.5 Å². The molecule has 0 bridgehead atoms. The number of carbonyl (C=O) groups excluding carboxylic acids is 2. The maximum atomic E-state index is 13.2. The van der Waals surface area contributed by atoms with Crippen LogP contribution in [0.2, 0.25) is 0 Å². The first-order chi connectivity index (χ1) is 18.4. The quantitative estimate of drug-likeness (QED) is 0.0721. The average Bonchev–Trinajstić information content (AvgIpc) is 3.31. The second-order valence-corrected chi connectivity index (χ2v) is 11.9. The fraction of sp³-hybridized carbons (Fsp3) is 0.364. The zero-order valence-electron chi connectivity index (χ0n) is 20.9. The number of thioether (sulfide) groups is 2. The van der Waals surface area contributed by atoms with Crippen LogP contribution in [0, 0.1) is 0 Å². The highest BCUT2D eigenvalue weighted by Gasteiger charge is 2.54. The lowest BCUT2D eigenvalue weighted by Gasteiger charge is -2.49. The molecule has 2 atom stereocenters. The number of oxime groups is 1. The van der Waals surface area contributed by atoms with Crippen LogP contribution in [-0.4, -0.2) is 83.1 Å². The van der Waals surface area contributed by atoms with E-state index < -0.39 is 40.8 Å². The Hall–Kier alpha value is -3.70. The number of anilines is 1. The van der Waals surface area contributed by atoms with Crippen LogP contribution in [0.25, 0.3) is 0 Å². The molecule has 1 fully saturated rings. The van der Waals surface area contributed by atoms with Crippen LogP contribution in [0.4, 0.5) is 5.13 Å². The molecule has 0 saturated carbocycles. The Bertz CT molecular complexity index is 1410. The van der Waals surface area contributed by atoms with Crippen molar-refractivity contribution in [2.24, 2.45) is 12.2 Å². The van der Waals surface area contributed by atoms with E-state index in [4.69, 9.17) is 10.6 Å². The summed E-state index contributed by atoms with van der Waals surface area (Å²) in [7, 11) is 1.82. The molecule has 2 aliphatic rings. The second-order valence-electron chi connectivity index (χ2n) is 8.83. The third-order valence-corrected chi connectivity index (χ3v) is 8.96. The van der Waals surface area contributed by atoms with E-state index in [-0.39, 0.29) is 21.4 Å². The van der Waals surface area contributed by atoms with E-state index in [0.29, 0.717) is 22.2 Å². The number of carboxylic acid groups (broad SMARTS) is 2. The van der Waals surface area contributed by atoms with Crippen molar-refractivity contribution >= 4 is 69.5 Å². The van der Waals surface area contributed by atoms with E-state index in [9.17, 15) is 29.4 Å². The largest absolute Gasteiger partial charge is 0.478 e. The van der Waals surface area contributed by atoms with Crippen molar-refractivity contribution in [3.05, 3.63) is 40.8 Å². The molecular formula is C22H24N7O7S3+. The first kappa shape index (κ1) is 28.3. The van der Waals surface area contributed by atoms with Crippen molar-refractivity contribution in [1.29, 1.82) is 0 Å². The first-order valence-corrected chi connectivity index (χ1v) is 14.1. The number of amides is 2. The monoisotopic (exact) mass is 594 g/mol. The summed E-state index contributed by atoms with van der Waals surface area (Å²) in [4.78, 5) is 64.5. The number of nitrogens with one attached hydrogen (secondary N) is 1. The number of nitrogens with zero attached hydrogens (tertiary/aromatic N) is 5. The molecule has 1 saturated heterocycles. The highest BCUT2D eigenvalue weighted by Crippen LogP contribution is 2.41. The Morgan fingerprint density at radius 2 is 2.10 bits per heavy atom. The minimum atomic E-state index is -1.74. The number of nitrogen functional groups attached to an aromatic ring is 1. The van der Waals surface area contributed by atoms with Crippen molar-refractivity contribution in [3.8, 4) is 0 Å². The zero-order valence-corrected chi connectivity index (χ0v) is 23.3. The molecule has 39 heavy (non-hydrogen) atoms. The number of fused-ring (bicyclic) bond motifs is 1. The van der Waals surface area contributed by atoms with Crippen LogP contribution in [0.15, 0.2) is 46.2 Å². The molecule has 0 aromatic carbocycles. The van der Waals surface area contributed by atoms with Gasteiger partial charge in [0.25, 0.3) is 11.8 Å². The molecule has 0 radical (unpaired) electrons.